The molecule has 0 N–H and O–H groups in total. The molecule has 3 aliphatic heterocycles. The number of nitrogens with zero attached hydrogens (tertiary/aromatic N) is 4. The Morgan fingerprint density at radius 1 is 0.843 bits per heavy atom. The van der Waals surface area contributed by atoms with Gasteiger partial charge in [0.2, 0.25) is 18.0 Å². The van der Waals surface area contributed by atoms with Crippen molar-refractivity contribution in [3.63, 3.8) is 0 Å². The highest BCUT2D eigenvalue weighted by molar-refractivity contribution is 7.59. The minimum Gasteiger partial charge on any atom is -0.469 e. The van der Waals surface area contributed by atoms with E-state index < -0.39 is 18.1 Å². The summed E-state index contributed by atoms with van der Waals surface area (Å²) in [5.74, 6) is -0.996. The third-order valence-electron chi connectivity index (χ3n) is 15.7. The molecule has 11 nitrogen and oxygen atoms in total. The Balaban J connectivity index is 0.00000608. The van der Waals surface area contributed by atoms with E-state index >= 15 is 4.39 Å². The van der Waals surface area contributed by atoms with E-state index in [0.717, 1.165) is 93.7 Å². The molecule has 6 aliphatic rings. The summed E-state index contributed by atoms with van der Waals surface area (Å²) < 4.78 is 35.9. The highest BCUT2D eigenvalue weighted by atomic mass is 32.1. The predicted molar refractivity (Wildman–Crippen MR) is 276 cm³/mol. The minimum atomic E-state index is -0.568. The van der Waals surface area contributed by atoms with Crippen molar-refractivity contribution in [2.24, 2.45) is 29.6 Å². The van der Waals surface area contributed by atoms with Crippen LogP contribution in [0.4, 0.5) is 4.39 Å². The number of hydrogen-bond acceptors (Lipinski definition) is 9. The number of carbonyl (C=O) groups is 4. The van der Waals surface area contributed by atoms with E-state index in [1.807, 2.05) is 50.9 Å². The Hall–Kier alpha value is -5.47. The molecule has 0 radical (unpaired) electrons. The fourth-order valence-electron chi connectivity index (χ4n) is 11.7. The van der Waals surface area contributed by atoms with Crippen LogP contribution >= 0.6 is 24.8 Å². The van der Waals surface area contributed by atoms with Crippen LogP contribution in [0.5, 0.6) is 5.75 Å². The molecule has 2 saturated heterocycles. The van der Waals surface area contributed by atoms with Crippen molar-refractivity contribution < 1.29 is 37.8 Å². The quantitative estimate of drug-likeness (QED) is 0.108. The summed E-state index contributed by atoms with van der Waals surface area (Å²) in [7, 11) is 2.73. The molecule has 0 spiro atoms. The Morgan fingerprint density at radius 2 is 1.51 bits per heavy atom. The predicted octanol–water partition coefficient (Wildman–Crippen LogP) is 11.0. The molecule has 3 fully saturated rings. The van der Waals surface area contributed by atoms with E-state index in [0.29, 0.717) is 30.2 Å². The average molecular weight is 989 g/mol. The van der Waals surface area contributed by atoms with Gasteiger partial charge >= 0.3 is 11.9 Å². The van der Waals surface area contributed by atoms with Gasteiger partial charge in [0.05, 0.1) is 77.6 Å². The Morgan fingerprint density at radius 3 is 2.19 bits per heavy atom. The summed E-state index contributed by atoms with van der Waals surface area (Å²) >= 11 is 1.63. The number of thiazole rings is 1. The van der Waals surface area contributed by atoms with E-state index in [4.69, 9.17) is 19.2 Å². The van der Waals surface area contributed by atoms with Crippen LogP contribution in [-0.2, 0) is 35.1 Å². The van der Waals surface area contributed by atoms with Crippen molar-refractivity contribution in [3.05, 3.63) is 105 Å². The number of aryl methyl sites for hydroxylation is 1. The number of likely N-dealkylation sites (tertiary alicyclic amines) is 2. The number of amides is 2. The second-order valence-electron chi connectivity index (χ2n) is 20.6. The van der Waals surface area contributed by atoms with Crippen LogP contribution in [0.15, 0.2) is 78.0 Å². The highest BCUT2D eigenvalue weighted by Gasteiger charge is 2.56. The van der Waals surface area contributed by atoms with Gasteiger partial charge in [-0.2, -0.15) is 13.5 Å². The number of hydrogen-bond donors (Lipinski definition) is 0. The standard InChI is InChI=1S/C56H63FN4O7S.H2S/c1-8-10-50-58-29-49(69-50)56-61-44-17-16-33(32-12-15-36(19-32)45-23-39-24-46(39)60(45)55(65)41(31(4)5)28-52(63)67-7)21-38(44)25-47(61)53-42(57)22-37(26-48(53)68-56)34-13-14-35(20-34)43-11-9-18-59(43)54(64)40(30(2)3)27-51(62)66-6;/h12-17,21-22,25-26,29-31,39-41,43,45-46,56H,8-11,18-20,23-24,27-28H2,1-7H3;1H2/t39-,40-,41-,43-,45-,46+,56?;/m0./s1. The molecule has 14 heteroatoms. The molecule has 7 atom stereocenters. The van der Waals surface area contributed by atoms with Gasteiger partial charge in [-0.1, -0.05) is 65.0 Å². The van der Waals surface area contributed by atoms with Gasteiger partial charge in [0.25, 0.3) is 0 Å². The molecule has 3 aliphatic carbocycles. The van der Waals surface area contributed by atoms with Crippen molar-refractivity contribution in [2.75, 3.05) is 20.8 Å². The van der Waals surface area contributed by atoms with E-state index in [9.17, 15) is 19.2 Å². The fraction of sp³-hybridized carbons (Fsp3) is 0.482. The second-order valence-corrected chi connectivity index (χ2v) is 21.8. The molecule has 5 heterocycles. The normalized spacial score (nSPS) is 22.9. The monoisotopic (exact) mass is 988 g/mol. The number of ether oxygens (including phenoxy) is 3. The SMILES string of the molecule is CCCc1ncc(C2Oc3cc(C4=CC=C([C@@H]5CCCN5C(=O)[C@@H](CC(=O)OC)C(C)C)C4)cc(F)c3-c3cc4cc(C5=CC=C([C@@H]6C[C@H]7C[C@H]7N6C(=O)[C@@H](CC(=O)OC)C(C)C)C5)ccc4n32)s1.S. The van der Waals surface area contributed by atoms with Gasteiger partial charge in [0.15, 0.2) is 0 Å². The van der Waals surface area contributed by atoms with Gasteiger partial charge in [-0.05, 0) is 133 Å². The first-order valence-corrected chi connectivity index (χ1v) is 25.7. The smallest absolute Gasteiger partial charge is 0.306 e. The van der Waals surface area contributed by atoms with Gasteiger partial charge in [-0.3, -0.25) is 23.7 Å². The molecule has 1 unspecified atom stereocenters. The van der Waals surface area contributed by atoms with Crippen LogP contribution in [0.3, 0.4) is 0 Å². The number of allylic oxidation sites excluding steroid dienone is 6. The number of fused-ring (bicyclic) bond motifs is 6. The lowest BCUT2D eigenvalue weighted by Gasteiger charge is -2.33. The fourth-order valence-corrected chi connectivity index (χ4v) is 12.8. The number of rotatable bonds is 15. The largest absolute Gasteiger partial charge is 0.469 e. The Kier molecular flexibility index (Phi) is 14.1. The first-order chi connectivity index (χ1) is 33.3. The molecule has 1 saturated carbocycles. The van der Waals surface area contributed by atoms with Crippen molar-refractivity contribution in [1.29, 1.82) is 0 Å². The maximum atomic E-state index is 17.0. The lowest BCUT2D eigenvalue weighted by Crippen LogP contribution is -2.44. The molecule has 2 aromatic carbocycles. The van der Waals surface area contributed by atoms with Crippen molar-refractivity contribution in [3.8, 4) is 17.0 Å². The molecule has 4 aromatic rings. The Labute approximate surface area is 421 Å². The zero-order valence-electron chi connectivity index (χ0n) is 41.3. The van der Waals surface area contributed by atoms with Crippen LogP contribution in [0.25, 0.3) is 33.3 Å². The summed E-state index contributed by atoms with van der Waals surface area (Å²) in [6, 6.07) is 12.2. The molecular weight excluding hydrogens is 924 g/mol. The molecule has 2 amide bonds. The zero-order valence-corrected chi connectivity index (χ0v) is 43.1. The first kappa shape index (κ1) is 49.5. The van der Waals surface area contributed by atoms with Gasteiger partial charge < -0.3 is 24.0 Å². The first-order valence-electron chi connectivity index (χ1n) is 24.9. The number of methoxy groups -OCH3 is 2. The molecular formula is C56H65FN4O7S2. The summed E-state index contributed by atoms with van der Waals surface area (Å²) in [5.41, 5.74) is 8.34. The van der Waals surface area contributed by atoms with Gasteiger partial charge in [-0.15, -0.1) is 11.3 Å². The second kappa shape index (κ2) is 20.0. The van der Waals surface area contributed by atoms with Crippen LogP contribution < -0.4 is 4.74 Å². The van der Waals surface area contributed by atoms with Crippen molar-refractivity contribution in [1.82, 2.24) is 19.4 Å². The zero-order chi connectivity index (χ0) is 48.4. The summed E-state index contributed by atoms with van der Waals surface area (Å²) in [6.07, 6.45) is 16.8. The van der Waals surface area contributed by atoms with E-state index in [2.05, 4.69) is 58.9 Å². The highest BCUT2D eigenvalue weighted by Crippen LogP contribution is 2.53. The maximum Gasteiger partial charge on any atom is 0.306 e. The lowest BCUT2D eigenvalue weighted by molar-refractivity contribution is -0.148. The number of piperidine rings is 1. The number of halogens is 1. The molecule has 10 rings (SSSR count). The van der Waals surface area contributed by atoms with E-state index in [-0.39, 0.29) is 85.9 Å². The third-order valence-corrected chi connectivity index (χ3v) is 16.7. The van der Waals surface area contributed by atoms with Crippen molar-refractivity contribution in [2.45, 2.75) is 123 Å². The molecule has 0 bridgehead atoms. The van der Waals surface area contributed by atoms with Gasteiger partial charge in [-0.25, -0.2) is 9.37 Å². The summed E-state index contributed by atoms with van der Waals surface area (Å²) in [6.45, 7) is 10.7. The van der Waals surface area contributed by atoms with Crippen LogP contribution in [0.2, 0.25) is 0 Å². The number of esters is 2. The van der Waals surface area contributed by atoms with Crippen LogP contribution in [0, 0.1) is 35.4 Å². The summed E-state index contributed by atoms with van der Waals surface area (Å²) in [4.78, 5) is 62.5. The van der Waals surface area contributed by atoms with Gasteiger partial charge in [0.1, 0.15) is 11.6 Å². The van der Waals surface area contributed by atoms with Crippen molar-refractivity contribution >= 4 is 70.6 Å². The minimum absolute atomic E-state index is 0. The average Bonchev–Trinajstić information content (AvgIpc) is 4.10. The number of carbonyl (C=O) groups excluding carboxylic acids is 4. The number of benzene rings is 2. The lowest BCUT2D eigenvalue weighted by atomic mass is 9.89. The topological polar surface area (TPSA) is 120 Å². The van der Waals surface area contributed by atoms with Crippen LogP contribution in [0.1, 0.15) is 120 Å². The summed E-state index contributed by atoms with van der Waals surface area (Å²) in [5, 5.41) is 2.00. The van der Waals surface area contributed by atoms with E-state index in [1.54, 1.807) is 17.4 Å². The van der Waals surface area contributed by atoms with Crippen LogP contribution in [-0.4, -0.2) is 82.0 Å². The third kappa shape index (κ3) is 9.07. The van der Waals surface area contributed by atoms with Gasteiger partial charge in [0, 0.05) is 24.2 Å². The number of aromatic nitrogens is 2. The molecule has 370 valence electrons. The maximum absolute atomic E-state index is 17.0. The van der Waals surface area contributed by atoms with E-state index in [1.165, 1.54) is 25.4 Å². The molecule has 2 aromatic heterocycles. The molecule has 70 heavy (non-hydrogen) atoms. The Bertz CT molecular complexity index is 2870.